The molecular weight excluding hydrogens is 200 g/mol. The average molecular weight is 210 g/mol. The van der Waals surface area contributed by atoms with Gasteiger partial charge < -0.3 is 5.73 Å². The molecular formula is C9H10N2O2S. The number of nitrogens with zero attached hydrogens (tertiary/aromatic N) is 1. The molecule has 0 heterocycles. The van der Waals surface area contributed by atoms with Gasteiger partial charge in [-0.25, -0.2) is 8.42 Å². The van der Waals surface area contributed by atoms with Gasteiger partial charge in [0.25, 0.3) is 0 Å². The monoisotopic (exact) mass is 210 g/mol. The molecule has 0 unspecified atom stereocenters. The molecule has 0 radical (unpaired) electrons. The summed E-state index contributed by atoms with van der Waals surface area (Å²) in [6.45, 7) is 0. The molecule has 1 aromatic carbocycles. The Hall–Kier alpha value is -1.54. The van der Waals surface area contributed by atoms with Crippen LogP contribution >= 0.6 is 0 Å². The van der Waals surface area contributed by atoms with Crippen LogP contribution in [0.4, 0.5) is 5.69 Å². The Labute approximate surface area is 82.9 Å². The van der Waals surface area contributed by atoms with E-state index in [2.05, 4.69) is 0 Å². The van der Waals surface area contributed by atoms with Crippen molar-refractivity contribution in [3.8, 4) is 6.07 Å². The Morgan fingerprint density at radius 3 is 2.64 bits per heavy atom. The van der Waals surface area contributed by atoms with E-state index in [4.69, 9.17) is 11.0 Å². The lowest BCUT2D eigenvalue weighted by Gasteiger charge is -2.01. The zero-order chi connectivity index (χ0) is 10.8. The molecule has 1 aromatic rings. The van der Waals surface area contributed by atoms with Crippen molar-refractivity contribution in [1.82, 2.24) is 0 Å². The van der Waals surface area contributed by atoms with Gasteiger partial charge in [-0.2, -0.15) is 5.26 Å². The fraction of sp³-hybridized carbons (Fsp3) is 0.222. The third-order valence-corrected chi connectivity index (χ3v) is 2.52. The minimum atomic E-state index is -3.07. The molecule has 0 aliphatic carbocycles. The number of nitriles is 1. The Bertz CT molecular complexity index is 486. The van der Waals surface area contributed by atoms with E-state index in [1.54, 1.807) is 12.1 Å². The van der Waals surface area contributed by atoms with Crippen LogP contribution in [-0.4, -0.2) is 14.7 Å². The van der Waals surface area contributed by atoms with Crippen molar-refractivity contribution in [3.63, 3.8) is 0 Å². The molecule has 0 fully saturated rings. The molecule has 14 heavy (non-hydrogen) atoms. The van der Waals surface area contributed by atoms with Crippen molar-refractivity contribution in [2.45, 2.75) is 5.75 Å². The smallest absolute Gasteiger partial charge is 0.151 e. The molecule has 0 spiro atoms. The normalized spacial score (nSPS) is 10.9. The van der Waals surface area contributed by atoms with E-state index in [0.29, 0.717) is 16.8 Å². The van der Waals surface area contributed by atoms with Crippen LogP contribution in [-0.2, 0) is 15.6 Å². The highest BCUT2D eigenvalue weighted by Crippen LogP contribution is 2.14. The number of hydrogen-bond acceptors (Lipinski definition) is 4. The first-order valence-electron chi connectivity index (χ1n) is 3.88. The van der Waals surface area contributed by atoms with Crippen LogP contribution in [0, 0.1) is 11.3 Å². The molecule has 0 atom stereocenters. The number of nitrogen functional groups attached to an aromatic ring is 1. The minimum absolute atomic E-state index is 0.0675. The Morgan fingerprint density at radius 1 is 1.50 bits per heavy atom. The van der Waals surface area contributed by atoms with Crippen LogP contribution < -0.4 is 5.73 Å². The molecule has 74 valence electrons. The van der Waals surface area contributed by atoms with E-state index in [9.17, 15) is 8.42 Å². The zero-order valence-corrected chi connectivity index (χ0v) is 8.50. The summed E-state index contributed by atoms with van der Waals surface area (Å²) in [4.78, 5) is 0. The molecule has 0 aromatic heterocycles. The molecule has 0 aliphatic heterocycles. The molecule has 1 rings (SSSR count). The predicted octanol–water partition coefficient (Wildman–Crippen LogP) is 0.685. The van der Waals surface area contributed by atoms with E-state index in [1.807, 2.05) is 6.07 Å². The van der Waals surface area contributed by atoms with E-state index in [1.165, 1.54) is 6.07 Å². The number of nitrogens with two attached hydrogens (primary N) is 1. The largest absolute Gasteiger partial charge is 0.398 e. The van der Waals surface area contributed by atoms with Gasteiger partial charge in [0.1, 0.15) is 6.07 Å². The second-order valence-corrected chi connectivity index (χ2v) is 5.24. The fourth-order valence-electron chi connectivity index (χ4n) is 1.09. The summed E-state index contributed by atoms with van der Waals surface area (Å²) in [7, 11) is -3.07. The molecule has 4 nitrogen and oxygen atoms in total. The van der Waals surface area contributed by atoms with Crippen molar-refractivity contribution in [3.05, 3.63) is 29.3 Å². The summed E-state index contributed by atoms with van der Waals surface area (Å²) in [6.07, 6.45) is 1.15. The van der Waals surface area contributed by atoms with Gasteiger partial charge in [-0.15, -0.1) is 0 Å². The summed E-state index contributed by atoms with van der Waals surface area (Å²) in [6, 6.07) is 6.55. The Balaban J connectivity index is 3.09. The van der Waals surface area contributed by atoms with Gasteiger partial charge in [-0.05, 0) is 17.7 Å². The van der Waals surface area contributed by atoms with Crippen LogP contribution in [0.1, 0.15) is 11.1 Å². The molecule has 0 aliphatic rings. The third kappa shape index (κ3) is 2.75. The van der Waals surface area contributed by atoms with Gasteiger partial charge in [0.15, 0.2) is 9.84 Å². The first-order chi connectivity index (χ1) is 6.42. The van der Waals surface area contributed by atoms with Crippen LogP contribution in [0.5, 0.6) is 0 Å². The van der Waals surface area contributed by atoms with Gasteiger partial charge in [-0.1, -0.05) is 6.07 Å². The average Bonchev–Trinajstić information content (AvgIpc) is 2.06. The molecule has 0 saturated heterocycles. The topological polar surface area (TPSA) is 83.9 Å². The minimum Gasteiger partial charge on any atom is -0.398 e. The molecule has 0 amide bonds. The highest BCUT2D eigenvalue weighted by Gasteiger charge is 2.06. The van der Waals surface area contributed by atoms with Crippen LogP contribution in [0.3, 0.4) is 0 Å². The Kier molecular flexibility index (Phi) is 2.77. The van der Waals surface area contributed by atoms with E-state index < -0.39 is 9.84 Å². The molecule has 0 bridgehead atoms. The lowest BCUT2D eigenvalue weighted by atomic mass is 10.1. The number of rotatable bonds is 2. The number of hydrogen-bond donors (Lipinski definition) is 1. The van der Waals surface area contributed by atoms with Gasteiger partial charge in [0, 0.05) is 11.9 Å². The van der Waals surface area contributed by atoms with Crippen LogP contribution in [0.25, 0.3) is 0 Å². The maximum atomic E-state index is 11.0. The summed E-state index contributed by atoms with van der Waals surface area (Å²) in [5.74, 6) is -0.0675. The predicted molar refractivity (Wildman–Crippen MR) is 54.1 cm³/mol. The standard InChI is InChI=1S/C9H10N2O2S/c1-14(12,13)6-7-2-3-9(11)8(4-7)5-10/h2-4H,6,11H2,1H3. The summed E-state index contributed by atoms with van der Waals surface area (Å²) in [5.41, 5.74) is 6.75. The first kappa shape index (κ1) is 10.5. The maximum absolute atomic E-state index is 11.0. The summed E-state index contributed by atoms with van der Waals surface area (Å²) >= 11 is 0. The van der Waals surface area contributed by atoms with Crippen LogP contribution in [0.15, 0.2) is 18.2 Å². The van der Waals surface area contributed by atoms with E-state index in [0.717, 1.165) is 6.26 Å². The van der Waals surface area contributed by atoms with E-state index in [-0.39, 0.29) is 5.75 Å². The third-order valence-electron chi connectivity index (χ3n) is 1.67. The number of anilines is 1. The fourth-order valence-corrected chi connectivity index (χ4v) is 1.88. The SMILES string of the molecule is CS(=O)(=O)Cc1ccc(N)c(C#N)c1. The lowest BCUT2D eigenvalue weighted by molar-refractivity contribution is 0.601. The van der Waals surface area contributed by atoms with Gasteiger partial charge in [-0.3, -0.25) is 0 Å². The highest BCUT2D eigenvalue weighted by molar-refractivity contribution is 7.89. The van der Waals surface area contributed by atoms with Gasteiger partial charge >= 0.3 is 0 Å². The maximum Gasteiger partial charge on any atom is 0.151 e. The van der Waals surface area contributed by atoms with Gasteiger partial charge in [0.2, 0.25) is 0 Å². The second-order valence-electron chi connectivity index (χ2n) is 3.10. The van der Waals surface area contributed by atoms with E-state index >= 15 is 0 Å². The van der Waals surface area contributed by atoms with Crippen molar-refractivity contribution >= 4 is 15.5 Å². The molecule has 5 heteroatoms. The number of benzene rings is 1. The first-order valence-corrected chi connectivity index (χ1v) is 5.94. The van der Waals surface area contributed by atoms with Crippen LogP contribution in [0.2, 0.25) is 0 Å². The summed E-state index contributed by atoms with van der Waals surface area (Å²) in [5, 5.41) is 8.66. The molecule has 0 saturated carbocycles. The Morgan fingerprint density at radius 2 is 2.14 bits per heavy atom. The van der Waals surface area contributed by atoms with Crippen molar-refractivity contribution < 1.29 is 8.42 Å². The van der Waals surface area contributed by atoms with Gasteiger partial charge in [0.05, 0.1) is 11.3 Å². The molecule has 2 N–H and O–H groups in total. The lowest BCUT2D eigenvalue weighted by Crippen LogP contribution is -2.01. The van der Waals surface area contributed by atoms with Crippen molar-refractivity contribution in [2.75, 3.05) is 12.0 Å². The number of sulfone groups is 1. The van der Waals surface area contributed by atoms with Crippen molar-refractivity contribution in [2.24, 2.45) is 0 Å². The van der Waals surface area contributed by atoms with Crippen molar-refractivity contribution in [1.29, 1.82) is 5.26 Å². The summed E-state index contributed by atoms with van der Waals surface area (Å²) < 4.78 is 21.9. The second kappa shape index (κ2) is 3.68. The highest BCUT2D eigenvalue weighted by atomic mass is 32.2. The zero-order valence-electron chi connectivity index (χ0n) is 7.69. The quantitative estimate of drug-likeness (QED) is 0.728.